The van der Waals surface area contributed by atoms with Crippen molar-refractivity contribution in [1.29, 1.82) is 5.26 Å². The summed E-state index contributed by atoms with van der Waals surface area (Å²) in [6.07, 6.45) is 1.45. The van der Waals surface area contributed by atoms with Gasteiger partial charge in [-0.2, -0.15) is 5.26 Å². The van der Waals surface area contributed by atoms with Gasteiger partial charge < -0.3 is 15.4 Å². The first kappa shape index (κ1) is 23.7. The monoisotopic (exact) mass is 507 g/mol. The van der Waals surface area contributed by atoms with Crippen molar-refractivity contribution < 1.29 is 18.7 Å². The SMILES string of the molecule is Cc1cccc(NC(=O)/C(C#N)=C/c2ccc(OCC(=O)Nc3ccccc3F)c(Br)c2)c1. The molecule has 2 amide bonds. The molecular weight excluding hydrogens is 489 g/mol. The summed E-state index contributed by atoms with van der Waals surface area (Å²) in [6, 6.07) is 19.9. The molecule has 0 atom stereocenters. The molecule has 3 aromatic carbocycles. The molecule has 6 nitrogen and oxygen atoms in total. The lowest BCUT2D eigenvalue weighted by atomic mass is 10.1. The number of aryl methyl sites for hydroxylation is 1. The Bertz CT molecular complexity index is 1270. The second kappa shape index (κ2) is 11.1. The van der Waals surface area contributed by atoms with Gasteiger partial charge >= 0.3 is 0 Å². The lowest BCUT2D eigenvalue weighted by Gasteiger charge is -2.10. The van der Waals surface area contributed by atoms with Gasteiger partial charge in [-0.3, -0.25) is 9.59 Å². The molecule has 166 valence electrons. The van der Waals surface area contributed by atoms with E-state index >= 15 is 0 Å². The van der Waals surface area contributed by atoms with E-state index in [0.717, 1.165) is 5.56 Å². The molecule has 33 heavy (non-hydrogen) atoms. The molecule has 3 aromatic rings. The molecular formula is C25H19BrFN3O3. The first-order chi connectivity index (χ1) is 15.9. The fourth-order valence-corrected chi connectivity index (χ4v) is 3.36. The van der Waals surface area contributed by atoms with Crippen LogP contribution in [0.4, 0.5) is 15.8 Å². The number of anilines is 2. The first-order valence-corrected chi connectivity index (χ1v) is 10.6. The molecule has 0 radical (unpaired) electrons. The minimum atomic E-state index is -0.539. The Hall–Kier alpha value is -3.96. The molecule has 0 bridgehead atoms. The van der Waals surface area contributed by atoms with E-state index in [9.17, 15) is 19.2 Å². The lowest BCUT2D eigenvalue weighted by Crippen LogP contribution is -2.20. The van der Waals surface area contributed by atoms with Crippen molar-refractivity contribution >= 4 is 45.2 Å². The van der Waals surface area contributed by atoms with Crippen LogP contribution in [0.2, 0.25) is 0 Å². The van der Waals surface area contributed by atoms with Gasteiger partial charge in [-0.05, 0) is 76.5 Å². The van der Waals surface area contributed by atoms with Crippen LogP contribution in [0.1, 0.15) is 11.1 Å². The second-order valence-electron chi connectivity index (χ2n) is 7.00. The maximum atomic E-state index is 13.6. The number of para-hydroxylation sites is 1. The largest absolute Gasteiger partial charge is 0.483 e. The fraction of sp³-hybridized carbons (Fsp3) is 0.0800. The molecule has 0 aliphatic heterocycles. The molecule has 0 aromatic heterocycles. The summed E-state index contributed by atoms with van der Waals surface area (Å²) in [5, 5.41) is 14.5. The van der Waals surface area contributed by atoms with Crippen molar-refractivity contribution in [2.24, 2.45) is 0 Å². The molecule has 0 spiro atoms. The van der Waals surface area contributed by atoms with Gasteiger partial charge in [0.1, 0.15) is 23.2 Å². The summed E-state index contributed by atoms with van der Waals surface area (Å²) < 4.78 is 19.6. The lowest BCUT2D eigenvalue weighted by molar-refractivity contribution is -0.118. The first-order valence-electron chi connectivity index (χ1n) is 9.82. The molecule has 0 unspecified atom stereocenters. The zero-order chi connectivity index (χ0) is 23.8. The van der Waals surface area contributed by atoms with Crippen LogP contribution in [-0.2, 0) is 9.59 Å². The summed E-state index contributed by atoms with van der Waals surface area (Å²) in [5.41, 5.74) is 2.16. The standard InChI is InChI=1S/C25H19BrFN3O3/c1-16-5-4-6-19(11-16)29-25(32)18(14-28)12-17-9-10-23(20(26)13-17)33-15-24(31)30-22-8-3-2-7-21(22)27/h2-13H,15H2,1H3,(H,29,32)(H,30,31)/b18-12+. The smallest absolute Gasteiger partial charge is 0.266 e. The number of nitrogens with zero attached hydrogens (tertiary/aromatic N) is 1. The van der Waals surface area contributed by atoms with E-state index in [2.05, 4.69) is 26.6 Å². The zero-order valence-electron chi connectivity index (χ0n) is 17.6. The molecule has 0 aliphatic rings. The van der Waals surface area contributed by atoms with Crippen molar-refractivity contribution in [3.05, 3.63) is 93.7 Å². The van der Waals surface area contributed by atoms with Gasteiger partial charge in [-0.15, -0.1) is 0 Å². The average molecular weight is 508 g/mol. The van der Waals surface area contributed by atoms with Gasteiger partial charge in [0.25, 0.3) is 11.8 Å². The summed E-state index contributed by atoms with van der Waals surface area (Å²) >= 11 is 3.36. The summed E-state index contributed by atoms with van der Waals surface area (Å²) in [4.78, 5) is 24.5. The molecule has 2 N–H and O–H groups in total. The maximum absolute atomic E-state index is 13.6. The Morgan fingerprint density at radius 3 is 2.58 bits per heavy atom. The van der Waals surface area contributed by atoms with Gasteiger partial charge in [0.05, 0.1) is 10.2 Å². The van der Waals surface area contributed by atoms with Crippen LogP contribution in [0.5, 0.6) is 5.75 Å². The third-order valence-corrected chi connectivity index (χ3v) is 5.03. The minimum Gasteiger partial charge on any atom is -0.483 e. The highest BCUT2D eigenvalue weighted by Gasteiger charge is 2.12. The molecule has 0 saturated carbocycles. The number of rotatable bonds is 7. The highest BCUT2D eigenvalue weighted by atomic mass is 79.9. The fourth-order valence-electron chi connectivity index (χ4n) is 2.85. The van der Waals surface area contributed by atoms with Crippen LogP contribution in [0.25, 0.3) is 6.08 Å². The molecule has 0 fully saturated rings. The van der Waals surface area contributed by atoms with Crippen molar-refractivity contribution in [3.63, 3.8) is 0 Å². The summed E-state index contributed by atoms with van der Waals surface area (Å²) in [7, 11) is 0. The number of hydrogen-bond donors (Lipinski definition) is 2. The van der Waals surface area contributed by atoms with Gasteiger partial charge in [-0.25, -0.2) is 4.39 Å². The van der Waals surface area contributed by atoms with Crippen LogP contribution < -0.4 is 15.4 Å². The minimum absolute atomic E-state index is 0.0682. The number of ether oxygens (including phenoxy) is 1. The van der Waals surface area contributed by atoms with Crippen LogP contribution in [0, 0.1) is 24.1 Å². The molecule has 0 saturated heterocycles. The van der Waals surface area contributed by atoms with E-state index in [-0.39, 0.29) is 17.9 Å². The molecule has 0 aliphatic carbocycles. The predicted molar refractivity (Wildman–Crippen MR) is 128 cm³/mol. The van der Waals surface area contributed by atoms with Gasteiger partial charge in [0.15, 0.2) is 6.61 Å². The Morgan fingerprint density at radius 1 is 1.09 bits per heavy atom. The zero-order valence-corrected chi connectivity index (χ0v) is 19.1. The highest BCUT2D eigenvalue weighted by Crippen LogP contribution is 2.27. The van der Waals surface area contributed by atoms with E-state index in [0.29, 0.717) is 21.5 Å². The summed E-state index contributed by atoms with van der Waals surface area (Å²) in [6.45, 7) is 1.58. The van der Waals surface area contributed by atoms with Crippen molar-refractivity contribution in [2.45, 2.75) is 6.92 Å². The van der Waals surface area contributed by atoms with E-state index in [1.54, 1.807) is 36.4 Å². The predicted octanol–water partition coefficient (Wildman–Crippen LogP) is 5.46. The normalized spacial score (nSPS) is 10.8. The summed E-state index contributed by atoms with van der Waals surface area (Å²) in [5.74, 6) is -1.21. The average Bonchev–Trinajstić information content (AvgIpc) is 2.78. The number of carbonyl (C=O) groups excluding carboxylic acids is 2. The molecule has 3 rings (SSSR count). The number of benzene rings is 3. The Labute approximate surface area is 198 Å². The van der Waals surface area contributed by atoms with Gasteiger partial charge in [-0.1, -0.05) is 30.3 Å². The van der Waals surface area contributed by atoms with E-state index in [4.69, 9.17) is 4.74 Å². The van der Waals surface area contributed by atoms with Crippen molar-refractivity contribution in [3.8, 4) is 11.8 Å². The van der Waals surface area contributed by atoms with Crippen LogP contribution in [0.15, 0.2) is 76.8 Å². The number of amides is 2. The van der Waals surface area contributed by atoms with E-state index in [1.165, 1.54) is 24.3 Å². The number of halogens is 2. The van der Waals surface area contributed by atoms with Gasteiger partial charge in [0, 0.05) is 5.69 Å². The number of nitriles is 1. The number of hydrogen-bond acceptors (Lipinski definition) is 4. The van der Waals surface area contributed by atoms with Crippen LogP contribution in [-0.4, -0.2) is 18.4 Å². The van der Waals surface area contributed by atoms with Gasteiger partial charge in [0.2, 0.25) is 0 Å². The topological polar surface area (TPSA) is 91.2 Å². The third-order valence-electron chi connectivity index (χ3n) is 4.41. The maximum Gasteiger partial charge on any atom is 0.266 e. The highest BCUT2D eigenvalue weighted by molar-refractivity contribution is 9.10. The van der Waals surface area contributed by atoms with E-state index in [1.807, 2.05) is 25.1 Å². The number of carbonyl (C=O) groups is 2. The van der Waals surface area contributed by atoms with Crippen LogP contribution >= 0.6 is 15.9 Å². The molecule has 8 heteroatoms. The van der Waals surface area contributed by atoms with E-state index < -0.39 is 17.6 Å². The van der Waals surface area contributed by atoms with Crippen LogP contribution in [0.3, 0.4) is 0 Å². The quantitative estimate of drug-likeness (QED) is 0.328. The Kier molecular flexibility index (Phi) is 7.95. The molecule has 0 heterocycles. The third kappa shape index (κ3) is 6.76. The Balaban J connectivity index is 1.64. The number of nitrogens with one attached hydrogen (secondary N) is 2. The Morgan fingerprint density at radius 2 is 1.88 bits per heavy atom. The second-order valence-corrected chi connectivity index (χ2v) is 7.85. The van der Waals surface area contributed by atoms with Crippen molar-refractivity contribution in [1.82, 2.24) is 0 Å². The van der Waals surface area contributed by atoms with Crippen molar-refractivity contribution in [2.75, 3.05) is 17.2 Å².